The maximum atomic E-state index is 13.0. The normalized spacial score (nSPS) is 12.7. The number of sulfone groups is 1. The monoisotopic (exact) mass is 348 g/mol. The van der Waals surface area contributed by atoms with Crippen molar-refractivity contribution in [2.24, 2.45) is 0 Å². The van der Waals surface area contributed by atoms with E-state index < -0.39 is 9.84 Å². The van der Waals surface area contributed by atoms with Gasteiger partial charge in [0.05, 0.1) is 9.80 Å². The fourth-order valence-corrected chi connectivity index (χ4v) is 3.60. The second-order valence-corrected chi connectivity index (χ2v) is 7.65. The smallest absolute Gasteiger partial charge is 0.206 e. The lowest BCUT2D eigenvalue weighted by Crippen LogP contribution is -2.03. The van der Waals surface area contributed by atoms with Crippen LogP contribution in [0, 0.1) is 12.7 Å². The van der Waals surface area contributed by atoms with Crippen LogP contribution in [0.25, 0.3) is 6.08 Å². The fraction of sp³-hybridized carbons (Fsp3) is 0.111. The van der Waals surface area contributed by atoms with E-state index in [2.05, 4.69) is 0 Å². The van der Waals surface area contributed by atoms with Gasteiger partial charge in [-0.05, 0) is 60.6 Å². The van der Waals surface area contributed by atoms with Gasteiger partial charge in [-0.3, -0.25) is 0 Å². The minimum atomic E-state index is -3.63. The first-order valence-corrected chi connectivity index (χ1v) is 9.69. The first-order chi connectivity index (χ1) is 10.9. The van der Waals surface area contributed by atoms with E-state index in [0.29, 0.717) is 5.56 Å². The summed E-state index contributed by atoms with van der Waals surface area (Å²) >= 11 is 1.41. The molecule has 0 radical (unpaired) electrons. The minimum absolute atomic E-state index is 0.169. The zero-order chi connectivity index (χ0) is 16.9. The molecule has 0 heterocycles. The topological polar surface area (TPSA) is 34.1 Å². The Bertz CT molecular complexity index is 818. The molecule has 0 amide bonds. The summed E-state index contributed by atoms with van der Waals surface area (Å²) in [4.78, 5) is 0.407. The number of hydrogen-bond donors (Lipinski definition) is 0. The number of hydrogen-bond acceptors (Lipinski definition) is 3. The summed E-state index contributed by atoms with van der Waals surface area (Å²) in [7, 11) is -3.63. The fourth-order valence-electron chi connectivity index (χ4n) is 1.93. The van der Waals surface area contributed by atoms with Crippen LogP contribution in [-0.4, -0.2) is 14.7 Å². The molecule has 5 heteroatoms. The molecule has 2 rings (SSSR count). The van der Waals surface area contributed by atoms with Crippen LogP contribution in [0.1, 0.15) is 11.1 Å². The first-order valence-electron chi connectivity index (χ1n) is 6.92. The highest BCUT2D eigenvalue weighted by molar-refractivity contribution is 8.01. The highest BCUT2D eigenvalue weighted by Crippen LogP contribution is 2.24. The Morgan fingerprint density at radius 1 is 1.04 bits per heavy atom. The molecule has 0 aromatic heterocycles. The third-order valence-corrected chi connectivity index (χ3v) is 5.36. The van der Waals surface area contributed by atoms with Crippen LogP contribution < -0.4 is 0 Å². The lowest BCUT2D eigenvalue weighted by molar-refractivity contribution is 0.603. The van der Waals surface area contributed by atoms with Crippen molar-refractivity contribution in [3.8, 4) is 0 Å². The van der Waals surface area contributed by atoms with Crippen LogP contribution in [-0.2, 0) is 9.84 Å². The van der Waals surface area contributed by atoms with Gasteiger partial charge in [0.15, 0.2) is 0 Å². The van der Waals surface area contributed by atoms with Gasteiger partial charge in [-0.25, -0.2) is 12.8 Å². The predicted molar refractivity (Wildman–Crippen MR) is 95.4 cm³/mol. The molecule has 0 N–H and O–H groups in total. The number of rotatable bonds is 5. The largest absolute Gasteiger partial charge is 0.219 e. The van der Waals surface area contributed by atoms with E-state index in [9.17, 15) is 12.8 Å². The molecule has 0 saturated heterocycles. The van der Waals surface area contributed by atoms with Gasteiger partial charge in [0.2, 0.25) is 9.84 Å². The molecule has 0 spiro atoms. The number of aryl methyl sites for hydroxylation is 1. The van der Waals surface area contributed by atoms with Crippen LogP contribution in [0.15, 0.2) is 69.8 Å². The second-order valence-electron chi connectivity index (χ2n) is 4.95. The number of thioether (sulfide) groups is 1. The first kappa shape index (κ1) is 17.5. The van der Waals surface area contributed by atoms with E-state index in [1.54, 1.807) is 54.0 Å². The highest BCUT2D eigenvalue weighted by atomic mass is 32.2. The molecule has 0 unspecified atom stereocenters. The van der Waals surface area contributed by atoms with E-state index in [-0.39, 0.29) is 15.6 Å². The summed E-state index contributed by atoms with van der Waals surface area (Å²) < 4.78 is 38.6. The molecule has 0 saturated carbocycles. The van der Waals surface area contributed by atoms with Crippen molar-refractivity contribution in [3.63, 3.8) is 0 Å². The summed E-state index contributed by atoms with van der Waals surface area (Å²) in [5, 5.41) is 1.71. The summed E-state index contributed by atoms with van der Waals surface area (Å²) in [6, 6.07) is 12.4. The Kier molecular flexibility index (Phi) is 5.80. The maximum Gasteiger partial charge on any atom is 0.206 e. The summed E-state index contributed by atoms with van der Waals surface area (Å²) in [6.07, 6.45) is 4.95. The predicted octanol–water partition coefficient (Wildman–Crippen LogP) is 4.83. The van der Waals surface area contributed by atoms with Crippen molar-refractivity contribution < 1.29 is 12.8 Å². The van der Waals surface area contributed by atoms with Gasteiger partial charge in [0, 0.05) is 0 Å². The van der Waals surface area contributed by atoms with Gasteiger partial charge < -0.3 is 0 Å². The van der Waals surface area contributed by atoms with Gasteiger partial charge in [0.25, 0.3) is 0 Å². The third-order valence-electron chi connectivity index (χ3n) is 3.19. The van der Waals surface area contributed by atoms with Gasteiger partial charge in [-0.1, -0.05) is 29.8 Å². The van der Waals surface area contributed by atoms with E-state index >= 15 is 0 Å². The Morgan fingerprint density at radius 3 is 2.22 bits per heavy atom. The molecule has 0 fully saturated rings. The standard InChI is InChI=1S/C18H17FO2S2/c1-14-3-9-17(10-4-14)23(20,21)18(11-12-22-2)13-15-5-7-16(19)8-6-15/h3-13H,1-2H3/b12-11+,18-13+. The van der Waals surface area contributed by atoms with Crippen molar-refractivity contribution in [2.45, 2.75) is 11.8 Å². The Morgan fingerprint density at radius 2 is 1.65 bits per heavy atom. The van der Waals surface area contributed by atoms with Crippen LogP contribution in [0.4, 0.5) is 4.39 Å². The van der Waals surface area contributed by atoms with E-state index in [4.69, 9.17) is 0 Å². The van der Waals surface area contributed by atoms with Crippen LogP contribution in [0.3, 0.4) is 0 Å². The van der Waals surface area contributed by atoms with Gasteiger partial charge in [-0.2, -0.15) is 0 Å². The molecule has 0 aliphatic carbocycles. The molecule has 23 heavy (non-hydrogen) atoms. The van der Waals surface area contributed by atoms with Crippen molar-refractivity contribution in [2.75, 3.05) is 6.26 Å². The zero-order valence-electron chi connectivity index (χ0n) is 12.9. The van der Waals surface area contributed by atoms with Gasteiger partial charge >= 0.3 is 0 Å². The number of halogens is 1. The minimum Gasteiger partial charge on any atom is -0.219 e. The van der Waals surface area contributed by atoms with Gasteiger partial charge in [0.1, 0.15) is 5.82 Å². The maximum absolute atomic E-state index is 13.0. The molecule has 0 atom stereocenters. The molecular weight excluding hydrogens is 331 g/mol. The summed E-state index contributed by atoms with van der Waals surface area (Å²) in [5.74, 6) is -0.357. The molecule has 0 bridgehead atoms. The van der Waals surface area contributed by atoms with E-state index in [1.807, 2.05) is 13.2 Å². The molecular formula is C18H17FO2S2. The number of allylic oxidation sites excluding steroid dienone is 1. The van der Waals surface area contributed by atoms with Crippen LogP contribution >= 0.6 is 11.8 Å². The van der Waals surface area contributed by atoms with Crippen LogP contribution in [0.2, 0.25) is 0 Å². The Balaban J connectivity index is 2.51. The molecule has 2 nitrogen and oxygen atoms in total. The molecule has 120 valence electrons. The Labute approximate surface area is 140 Å². The highest BCUT2D eigenvalue weighted by Gasteiger charge is 2.18. The van der Waals surface area contributed by atoms with Crippen LogP contribution in [0.5, 0.6) is 0 Å². The molecule has 2 aromatic carbocycles. The average molecular weight is 348 g/mol. The summed E-state index contributed by atoms with van der Waals surface area (Å²) in [5.41, 5.74) is 1.62. The SMILES string of the molecule is CS/C=C/C(=C\c1ccc(F)cc1)S(=O)(=O)c1ccc(C)cc1. The lowest BCUT2D eigenvalue weighted by atomic mass is 10.2. The zero-order valence-corrected chi connectivity index (χ0v) is 14.5. The molecule has 0 aliphatic heterocycles. The quantitative estimate of drug-likeness (QED) is 0.726. The lowest BCUT2D eigenvalue weighted by Gasteiger charge is -2.07. The van der Waals surface area contributed by atoms with Crippen molar-refractivity contribution in [1.82, 2.24) is 0 Å². The second kappa shape index (κ2) is 7.62. The van der Waals surface area contributed by atoms with E-state index in [0.717, 1.165) is 5.56 Å². The third kappa shape index (κ3) is 4.56. The van der Waals surface area contributed by atoms with Crippen molar-refractivity contribution in [3.05, 3.63) is 81.9 Å². The van der Waals surface area contributed by atoms with Crippen molar-refractivity contribution >= 4 is 27.7 Å². The van der Waals surface area contributed by atoms with E-state index in [1.165, 1.54) is 23.9 Å². The average Bonchev–Trinajstić information content (AvgIpc) is 2.53. The Hall–Kier alpha value is -1.85. The van der Waals surface area contributed by atoms with Gasteiger partial charge in [-0.15, -0.1) is 11.8 Å². The molecule has 0 aliphatic rings. The number of benzene rings is 2. The summed E-state index contributed by atoms with van der Waals surface area (Å²) in [6.45, 7) is 1.90. The molecule has 2 aromatic rings. The van der Waals surface area contributed by atoms with Crippen molar-refractivity contribution in [1.29, 1.82) is 0 Å².